The highest BCUT2D eigenvalue weighted by atomic mass is 79.9. The second-order valence-electron chi connectivity index (χ2n) is 12.6. The van der Waals surface area contributed by atoms with Gasteiger partial charge in [0, 0.05) is 43.7 Å². The second kappa shape index (κ2) is 20.3. The van der Waals surface area contributed by atoms with Crippen LogP contribution in [0.25, 0.3) is 0 Å². The summed E-state index contributed by atoms with van der Waals surface area (Å²) in [5.41, 5.74) is 7.85. The van der Waals surface area contributed by atoms with Crippen LogP contribution in [0.4, 0.5) is 9.59 Å². The van der Waals surface area contributed by atoms with Crippen LogP contribution in [0, 0.1) is 6.92 Å². The van der Waals surface area contributed by atoms with E-state index >= 15 is 0 Å². The normalized spacial score (nSPS) is 10.3. The van der Waals surface area contributed by atoms with Gasteiger partial charge in [0.2, 0.25) is 0 Å². The van der Waals surface area contributed by atoms with Gasteiger partial charge in [0.25, 0.3) is 0 Å². The Morgan fingerprint density at radius 2 is 0.712 bits per heavy atom. The molecule has 0 saturated heterocycles. The van der Waals surface area contributed by atoms with Crippen LogP contribution in [0.5, 0.6) is 0 Å². The Balaban J connectivity index is 0.000000201. The third-order valence-corrected chi connectivity index (χ3v) is 8.89. The van der Waals surface area contributed by atoms with Crippen LogP contribution < -0.4 is 10.6 Å². The summed E-state index contributed by atoms with van der Waals surface area (Å²) in [6.07, 6.45) is 0. The van der Waals surface area contributed by atoms with Crippen LogP contribution in [0.1, 0.15) is 38.9 Å². The molecule has 0 unspecified atom stereocenters. The maximum Gasteiger partial charge on any atom is 0.318 e. The van der Waals surface area contributed by atoms with Gasteiger partial charge >= 0.3 is 12.1 Å². The van der Waals surface area contributed by atoms with Crippen molar-refractivity contribution in [3.63, 3.8) is 0 Å². The van der Waals surface area contributed by atoms with E-state index in [1.54, 1.807) is 0 Å². The fourth-order valence-corrected chi connectivity index (χ4v) is 5.77. The summed E-state index contributed by atoms with van der Waals surface area (Å²) in [5.74, 6) is 0. The first-order chi connectivity index (χ1) is 25.4. The molecule has 0 atom stereocenters. The molecule has 0 spiro atoms. The average molecular weight is 754 g/mol. The van der Waals surface area contributed by atoms with Gasteiger partial charge in [-0.1, -0.05) is 179 Å². The van der Waals surface area contributed by atoms with E-state index in [2.05, 4.69) is 45.6 Å². The zero-order valence-electron chi connectivity index (χ0n) is 29.5. The minimum Gasteiger partial charge on any atom is -0.334 e. The lowest BCUT2D eigenvalue weighted by atomic mass is 10.1. The largest absolute Gasteiger partial charge is 0.334 e. The molecule has 0 fully saturated rings. The number of aryl methyl sites for hydroxylation is 1. The van der Waals surface area contributed by atoms with Crippen molar-refractivity contribution in [1.29, 1.82) is 0 Å². The summed E-state index contributed by atoms with van der Waals surface area (Å²) in [6, 6.07) is 56.3. The van der Waals surface area contributed by atoms with E-state index < -0.39 is 0 Å². The number of carbonyl (C=O) groups excluding carboxylic acids is 2. The van der Waals surface area contributed by atoms with Crippen molar-refractivity contribution in [2.24, 2.45) is 0 Å². The second-order valence-corrected chi connectivity index (χ2v) is 13.5. The molecule has 6 aromatic carbocycles. The smallest absolute Gasteiger partial charge is 0.318 e. The van der Waals surface area contributed by atoms with Gasteiger partial charge < -0.3 is 20.4 Å². The molecule has 52 heavy (non-hydrogen) atoms. The lowest BCUT2D eigenvalue weighted by Crippen LogP contribution is -2.38. The highest BCUT2D eigenvalue weighted by Crippen LogP contribution is 2.14. The molecule has 0 aliphatic rings. The highest BCUT2D eigenvalue weighted by Gasteiger charge is 2.16. The molecule has 0 aromatic heterocycles. The molecule has 0 radical (unpaired) electrons. The van der Waals surface area contributed by atoms with E-state index in [0.717, 1.165) is 37.9 Å². The van der Waals surface area contributed by atoms with E-state index in [4.69, 9.17) is 0 Å². The minimum atomic E-state index is -0.0689. The highest BCUT2D eigenvalue weighted by molar-refractivity contribution is 9.10. The van der Waals surface area contributed by atoms with Crippen molar-refractivity contribution < 1.29 is 9.59 Å². The Morgan fingerprint density at radius 3 is 1.02 bits per heavy atom. The SMILES string of the molecule is Cc1ccc(CNC(=O)N(Cc2ccccc2)Cc2ccccc2)cc1.O=C(NCc1ccc(Br)cc1)N(Cc1ccccc1)Cc1ccccc1. The van der Waals surface area contributed by atoms with Crippen molar-refractivity contribution >= 4 is 28.0 Å². The van der Waals surface area contributed by atoms with Crippen LogP contribution in [0.2, 0.25) is 0 Å². The maximum absolute atomic E-state index is 12.8. The molecule has 264 valence electrons. The minimum absolute atomic E-state index is 0.0571. The van der Waals surface area contributed by atoms with Crippen molar-refractivity contribution in [2.45, 2.75) is 46.2 Å². The van der Waals surface area contributed by atoms with E-state index in [1.807, 2.05) is 168 Å². The van der Waals surface area contributed by atoms with Crippen LogP contribution in [-0.4, -0.2) is 21.9 Å². The Kier molecular flexibility index (Phi) is 14.6. The number of hydrogen-bond acceptors (Lipinski definition) is 2. The number of carbonyl (C=O) groups is 2. The molecule has 7 heteroatoms. The average Bonchev–Trinajstić information content (AvgIpc) is 3.18. The van der Waals surface area contributed by atoms with Gasteiger partial charge in [0.05, 0.1) is 0 Å². The van der Waals surface area contributed by atoms with Crippen LogP contribution in [0.15, 0.2) is 174 Å². The Hall–Kier alpha value is -5.66. The topological polar surface area (TPSA) is 64.7 Å². The van der Waals surface area contributed by atoms with Gasteiger partial charge in [-0.3, -0.25) is 0 Å². The summed E-state index contributed by atoms with van der Waals surface area (Å²) < 4.78 is 1.03. The summed E-state index contributed by atoms with van der Waals surface area (Å²) in [6.45, 7) is 5.39. The first kappa shape index (κ1) is 37.6. The molecule has 6 nitrogen and oxygen atoms in total. The molecule has 6 rings (SSSR count). The predicted molar refractivity (Wildman–Crippen MR) is 214 cm³/mol. The molecule has 6 aromatic rings. The fraction of sp³-hybridized carbons (Fsp3) is 0.156. The number of urea groups is 2. The number of nitrogens with one attached hydrogen (secondary N) is 2. The molecule has 0 aliphatic heterocycles. The zero-order chi connectivity index (χ0) is 36.4. The number of rotatable bonds is 12. The van der Waals surface area contributed by atoms with Gasteiger partial charge in [0.1, 0.15) is 0 Å². The number of halogens is 1. The number of nitrogens with zero attached hydrogens (tertiary/aromatic N) is 2. The van der Waals surface area contributed by atoms with Gasteiger partial charge in [-0.25, -0.2) is 9.59 Å². The predicted octanol–water partition coefficient (Wildman–Crippen LogP) is 10.3. The quantitative estimate of drug-likeness (QED) is 0.131. The van der Waals surface area contributed by atoms with Crippen LogP contribution >= 0.6 is 15.9 Å². The van der Waals surface area contributed by atoms with Crippen molar-refractivity contribution in [3.8, 4) is 0 Å². The molecular formula is C45H45BrN4O2. The van der Waals surface area contributed by atoms with Gasteiger partial charge in [-0.2, -0.15) is 0 Å². The van der Waals surface area contributed by atoms with E-state index in [1.165, 1.54) is 5.56 Å². The molecular weight excluding hydrogens is 708 g/mol. The maximum atomic E-state index is 12.8. The zero-order valence-corrected chi connectivity index (χ0v) is 31.1. The third-order valence-electron chi connectivity index (χ3n) is 8.36. The molecule has 0 bridgehead atoms. The van der Waals surface area contributed by atoms with Gasteiger partial charge in [-0.05, 0) is 52.4 Å². The molecule has 4 amide bonds. The number of benzene rings is 6. The first-order valence-corrected chi connectivity index (χ1v) is 18.2. The van der Waals surface area contributed by atoms with Crippen LogP contribution in [-0.2, 0) is 39.3 Å². The van der Waals surface area contributed by atoms with Crippen molar-refractivity contribution in [1.82, 2.24) is 20.4 Å². The lowest BCUT2D eigenvalue weighted by Gasteiger charge is -2.23. The fourth-order valence-electron chi connectivity index (χ4n) is 5.50. The molecule has 0 saturated carbocycles. The standard InChI is InChI=1S/C23H24N2O.C22H21BrN2O/c1-19-12-14-20(15-13-19)16-24-23(26)25(17-21-8-4-2-5-9-21)18-22-10-6-3-7-11-22;23-21-13-11-18(12-14-21)15-24-22(26)25(16-19-7-3-1-4-8-19)17-20-9-5-2-6-10-20/h2-15H,16-18H2,1H3,(H,24,26);1-14H,15-17H2,(H,24,26). The molecule has 0 aliphatic carbocycles. The Bertz CT molecular complexity index is 1700. The third kappa shape index (κ3) is 12.9. The summed E-state index contributed by atoms with van der Waals surface area (Å²) in [5, 5.41) is 6.08. The molecule has 0 heterocycles. The number of hydrogen-bond donors (Lipinski definition) is 2. The Morgan fingerprint density at radius 1 is 0.423 bits per heavy atom. The summed E-state index contributed by atoms with van der Waals surface area (Å²) in [7, 11) is 0. The van der Waals surface area contributed by atoms with Gasteiger partial charge in [-0.15, -0.1) is 0 Å². The summed E-state index contributed by atoms with van der Waals surface area (Å²) in [4.78, 5) is 29.3. The van der Waals surface area contributed by atoms with Crippen molar-refractivity contribution in [3.05, 3.63) is 213 Å². The summed E-state index contributed by atoms with van der Waals surface area (Å²) >= 11 is 3.43. The number of amides is 4. The molecule has 2 N–H and O–H groups in total. The van der Waals surface area contributed by atoms with E-state index in [-0.39, 0.29) is 12.1 Å². The van der Waals surface area contributed by atoms with Crippen molar-refractivity contribution in [2.75, 3.05) is 0 Å². The van der Waals surface area contributed by atoms with Crippen LogP contribution in [0.3, 0.4) is 0 Å². The van der Waals surface area contributed by atoms with E-state index in [9.17, 15) is 9.59 Å². The lowest BCUT2D eigenvalue weighted by molar-refractivity contribution is 0.191. The monoisotopic (exact) mass is 752 g/mol. The van der Waals surface area contributed by atoms with Gasteiger partial charge in [0.15, 0.2) is 0 Å². The van der Waals surface area contributed by atoms with E-state index in [0.29, 0.717) is 39.3 Å². The first-order valence-electron chi connectivity index (χ1n) is 17.4. The Labute approximate surface area is 316 Å².